The van der Waals surface area contributed by atoms with Crippen LogP contribution in [-0.4, -0.2) is 0 Å². The van der Waals surface area contributed by atoms with E-state index in [1.807, 2.05) is 12.1 Å². The molecule has 0 saturated heterocycles. The number of halogens is 2. The lowest BCUT2D eigenvalue weighted by Crippen LogP contribution is -2.09. The van der Waals surface area contributed by atoms with Crippen LogP contribution in [0.25, 0.3) is 0 Å². The maximum absolute atomic E-state index is 11.4. The van der Waals surface area contributed by atoms with Gasteiger partial charge in [0, 0.05) is 3.57 Å². The van der Waals surface area contributed by atoms with E-state index in [0.29, 0.717) is 5.69 Å². The zero-order chi connectivity index (χ0) is 7.40. The summed E-state index contributed by atoms with van der Waals surface area (Å²) in [5, 5.41) is 0. The summed E-state index contributed by atoms with van der Waals surface area (Å²) >= 11 is 2.18. The molecule has 0 spiro atoms. The number of hydrogen-bond acceptors (Lipinski definition) is 2. The first-order chi connectivity index (χ1) is 4.83. The lowest BCUT2D eigenvalue weighted by molar-refractivity contribution is 0.376. The van der Waals surface area contributed by atoms with Gasteiger partial charge >= 0.3 is 0 Å². The van der Waals surface area contributed by atoms with Crippen molar-refractivity contribution >= 4 is 28.3 Å². The predicted molar refractivity (Wildman–Crippen MR) is 47.0 cm³/mol. The van der Waals surface area contributed by atoms with Crippen molar-refractivity contribution in [1.82, 2.24) is 5.65 Å². The van der Waals surface area contributed by atoms with Gasteiger partial charge in [0.15, 0.2) is 0 Å². The van der Waals surface area contributed by atoms with Gasteiger partial charge in [0.2, 0.25) is 0 Å². The molecule has 1 rings (SSSR count). The fourth-order valence-electron chi connectivity index (χ4n) is 0.588. The Morgan fingerprint density at radius 2 is 1.80 bits per heavy atom. The van der Waals surface area contributed by atoms with Gasteiger partial charge in [-0.2, -0.15) is 0 Å². The molecule has 0 amide bonds. The van der Waals surface area contributed by atoms with Crippen molar-refractivity contribution in [3.8, 4) is 0 Å². The van der Waals surface area contributed by atoms with Crippen molar-refractivity contribution in [2.75, 3.05) is 5.43 Å². The standard InChI is InChI=1S/C6H6FIN2/c7-10-9-6-3-1-5(8)2-4-6/h1-4,9-10H. The molecule has 0 radical (unpaired) electrons. The van der Waals surface area contributed by atoms with Gasteiger partial charge in [0.25, 0.3) is 0 Å². The Morgan fingerprint density at radius 3 is 2.30 bits per heavy atom. The van der Waals surface area contributed by atoms with Gasteiger partial charge in [-0.3, -0.25) is 5.43 Å². The summed E-state index contributed by atoms with van der Waals surface area (Å²) in [5.74, 6) is 0. The van der Waals surface area contributed by atoms with E-state index in [1.54, 1.807) is 12.1 Å². The first kappa shape index (κ1) is 7.74. The van der Waals surface area contributed by atoms with Gasteiger partial charge in [-0.1, -0.05) is 5.65 Å². The maximum Gasteiger partial charge on any atom is 0.0513 e. The monoisotopic (exact) mass is 252 g/mol. The number of hydrazine groups is 1. The van der Waals surface area contributed by atoms with Gasteiger partial charge < -0.3 is 0 Å². The van der Waals surface area contributed by atoms with E-state index < -0.39 is 0 Å². The average Bonchev–Trinajstić information content (AvgIpc) is 1.95. The fourth-order valence-corrected chi connectivity index (χ4v) is 0.947. The number of rotatable bonds is 2. The summed E-state index contributed by atoms with van der Waals surface area (Å²) in [6, 6.07) is 7.35. The maximum atomic E-state index is 11.4. The Hall–Kier alpha value is -0.360. The van der Waals surface area contributed by atoms with E-state index in [4.69, 9.17) is 0 Å². The number of benzene rings is 1. The molecule has 0 saturated carbocycles. The molecule has 1 aromatic rings. The van der Waals surface area contributed by atoms with E-state index in [0.717, 1.165) is 3.57 Å². The summed E-state index contributed by atoms with van der Waals surface area (Å²) in [6.07, 6.45) is 0. The van der Waals surface area contributed by atoms with Crippen molar-refractivity contribution in [2.24, 2.45) is 0 Å². The minimum Gasteiger partial charge on any atom is -0.295 e. The fraction of sp³-hybridized carbons (Fsp3) is 0. The highest BCUT2D eigenvalue weighted by molar-refractivity contribution is 14.1. The van der Waals surface area contributed by atoms with E-state index in [-0.39, 0.29) is 0 Å². The lowest BCUT2D eigenvalue weighted by Gasteiger charge is -1.99. The second kappa shape index (κ2) is 3.72. The van der Waals surface area contributed by atoms with Crippen LogP contribution in [-0.2, 0) is 0 Å². The highest BCUT2D eigenvalue weighted by atomic mass is 127. The minimum absolute atomic E-state index is 0.711. The zero-order valence-electron chi connectivity index (χ0n) is 5.07. The molecule has 4 heteroatoms. The minimum atomic E-state index is 0.711. The molecule has 54 valence electrons. The summed E-state index contributed by atoms with van der Waals surface area (Å²) in [7, 11) is 0. The van der Waals surface area contributed by atoms with Crippen molar-refractivity contribution in [3.63, 3.8) is 0 Å². The number of nitrogens with one attached hydrogen (secondary N) is 2. The third kappa shape index (κ3) is 2.11. The van der Waals surface area contributed by atoms with Crippen LogP contribution in [0.15, 0.2) is 24.3 Å². The molecule has 0 heterocycles. The second-order valence-corrected chi connectivity index (χ2v) is 2.97. The molecular formula is C6H6FIN2. The third-order valence-corrected chi connectivity index (χ3v) is 1.75. The van der Waals surface area contributed by atoms with Gasteiger partial charge in [-0.25, -0.2) is 0 Å². The van der Waals surface area contributed by atoms with Crippen LogP contribution in [0.2, 0.25) is 0 Å². The summed E-state index contributed by atoms with van der Waals surface area (Å²) in [6.45, 7) is 0. The van der Waals surface area contributed by atoms with Crippen LogP contribution in [0, 0.1) is 3.57 Å². The van der Waals surface area contributed by atoms with Crippen LogP contribution in [0.3, 0.4) is 0 Å². The van der Waals surface area contributed by atoms with E-state index in [2.05, 4.69) is 28.0 Å². The molecule has 0 aliphatic heterocycles. The average molecular weight is 252 g/mol. The molecule has 2 N–H and O–H groups in total. The Morgan fingerprint density at radius 1 is 1.20 bits per heavy atom. The number of hydrogen-bond donors (Lipinski definition) is 2. The second-order valence-electron chi connectivity index (χ2n) is 1.73. The summed E-state index contributed by atoms with van der Waals surface area (Å²) < 4.78 is 12.5. The molecule has 0 aliphatic carbocycles. The molecule has 0 aliphatic rings. The molecule has 0 fully saturated rings. The first-order valence-electron chi connectivity index (χ1n) is 2.70. The van der Waals surface area contributed by atoms with Crippen LogP contribution in [0.4, 0.5) is 10.2 Å². The van der Waals surface area contributed by atoms with Crippen LogP contribution in [0.1, 0.15) is 0 Å². The number of anilines is 1. The zero-order valence-corrected chi connectivity index (χ0v) is 7.22. The van der Waals surface area contributed by atoms with Gasteiger partial charge in [0.05, 0.1) is 5.69 Å². The highest BCUT2D eigenvalue weighted by Gasteiger charge is 1.87. The largest absolute Gasteiger partial charge is 0.295 e. The molecule has 1 aromatic carbocycles. The Bertz CT molecular complexity index is 199. The topological polar surface area (TPSA) is 24.1 Å². The molecule has 0 bridgehead atoms. The highest BCUT2D eigenvalue weighted by Crippen LogP contribution is 2.09. The van der Waals surface area contributed by atoms with Gasteiger partial charge in [0.1, 0.15) is 0 Å². The van der Waals surface area contributed by atoms with Crippen molar-refractivity contribution in [2.45, 2.75) is 0 Å². The van der Waals surface area contributed by atoms with Crippen molar-refractivity contribution < 1.29 is 4.48 Å². The molecule has 10 heavy (non-hydrogen) atoms. The Balaban J connectivity index is 2.69. The molecule has 2 nitrogen and oxygen atoms in total. The van der Waals surface area contributed by atoms with Crippen LogP contribution in [0.5, 0.6) is 0 Å². The van der Waals surface area contributed by atoms with E-state index in [1.165, 1.54) is 5.65 Å². The lowest BCUT2D eigenvalue weighted by atomic mass is 10.3. The van der Waals surface area contributed by atoms with Crippen LogP contribution < -0.4 is 11.1 Å². The quantitative estimate of drug-likeness (QED) is 0.478. The normalized spacial score (nSPS) is 9.40. The first-order valence-corrected chi connectivity index (χ1v) is 3.78. The van der Waals surface area contributed by atoms with Gasteiger partial charge in [-0.15, -0.1) is 4.48 Å². The third-order valence-electron chi connectivity index (χ3n) is 1.04. The molecule has 0 aromatic heterocycles. The Labute approximate surface area is 71.9 Å². The van der Waals surface area contributed by atoms with Crippen LogP contribution >= 0.6 is 22.6 Å². The molecule has 0 atom stereocenters. The SMILES string of the molecule is FNNc1ccc(I)cc1. The van der Waals surface area contributed by atoms with Crippen molar-refractivity contribution in [3.05, 3.63) is 27.8 Å². The smallest absolute Gasteiger partial charge is 0.0513 e. The van der Waals surface area contributed by atoms with E-state index in [9.17, 15) is 4.48 Å². The van der Waals surface area contributed by atoms with E-state index >= 15 is 0 Å². The molecular weight excluding hydrogens is 246 g/mol. The predicted octanol–water partition coefficient (Wildman–Crippen LogP) is 2.09. The summed E-state index contributed by atoms with van der Waals surface area (Å²) in [5.41, 5.74) is 4.38. The molecule has 0 unspecified atom stereocenters. The Kier molecular flexibility index (Phi) is 2.88. The van der Waals surface area contributed by atoms with Gasteiger partial charge in [-0.05, 0) is 46.9 Å². The van der Waals surface area contributed by atoms with Crippen molar-refractivity contribution in [1.29, 1.82) is 0 Å². The summed E-state index contributed by atoms with van der Waals surface area (Å²) in [4.78, 5) is 0.